The van der Waals surface area contributed by atoms with Gasteiger partial charge in [-0.2, -0.15) is 0 Å². The van der Waals surface area contributed by atoms with Crippen LogP contribution in [0.1, 0.15) is 22.8 Å². The van der Waals surface area contributed by atoms with Gasteiger partial charge in [-0.15, -0.1) is 0 Å². The number of hydrogen-bond donors (Lipinski definition) is 0. The van der Waals surface area contributed by atoms with Crippen LogP contribution in [0, 0.1) is 12.7 Å². The summed E-state index contributed by atoms with van der Waals surface area (Å²) >= 11 is 0. The highest BCUT2D eigenvalue weighted by molar-refractivity contribution is 7.92. The van der Waals surface area contributed by atoms with Crippen molar-refractivity contribution in [2.75, 3.05) is 6.26 Å². The van der Waals surface area contributed by atoms with Gasteiger partial charge in [0.1, 0.15) is 11.1 Å². The molecule has 0 saturated carbocycles. The molecule has 0 fully saturated rings. The van der Waals surface area contributed by atoms with E-state index in [1.54, 1.807) is 6.92 Å². The first-order valence-corrected chi connectivity index (χ1v) is 6.68. The van der Waals surface area contributed by atoms with Crippen molar-refractivity contribution in [2.45, 2.75) is 19.1 Å². The van der Waals surface area contributed by atoms with Crippen LogP contribution in [0.5, 0.6) is 0 Å². The van der Waals surface area contributed by atoms with Crippen molar-refractivity contribution in [2.24, 2.45) is 0 Å². The van der Waals surface area contributed by atoms with E-state index < -0.39 is 26.7 Å². The van der Waals surface area contributed by atoms with Crippen LogP contribution in [-0.2, 0) is 9.84 Å². The topological polar surface area (TPSA) is 51.2 Å². The van der Waals surface area contributed by atoms with Gasteiger partial charge in [0, 0.05) is 11.8 Å². The van der Waals surface area contributed by atoms with Gasteiger partial charge in [0.15, 0.2) is 15.6 Å². The average Bonchev–Trinajstić information content (AvgIpc) is 2.18. The molecule has 5 heteroatoms. The highest BCUT2D eigenvalue weighted by Gasteiger charge is 2.25. The Balaban J connectivity index is 3.20. The van der Waals surface area contributed by atoms with Gasteiger partial charge in [-0.3, -0.25) is 4.79 Å². The van der Waals surface area contributed by atoms with Gasteiger partial charge in [0.2, 0.25) is 0 Å². The summed E-state index contributed by atoms with van der Waals surface area (Å²) in [7, 11) is -3.45. The maximum atomic E-state index is 13.0. The fraction of sp³-hybridized carbons (Fsp3) is 0.364. The van der Waals surface area contributed by atoms with E-state index in [-0.39, 0.29) is 5.56 Å². The normalized spacial score (nSPS) is 13.5. The van der Waals surface area contributed by atoms with Gasteiger partial charge in [-0.05, 0) is 31.5 Å². The molecule has 0 aliphatic heterocycles. The SMILES string of the molecule is Cc1ccc(F)cc1C(=O)C(C)S(C)(=O)=O. The molecule has 0 saturated heterocycles. The van der Waals surface area contributed by atoms with Crippen molar-refractivity contribution in [3.63, 3.8) is 0 Å². The van der Waals surface area contributed by atoms with E-state index in [1.165, 1.54) is 19.1 Å². The highest BCUT2D eigenvalue weighted by Crippen LogP contribution is 2.15. The number of ketones is 1. The largest absolute Gasteiger partial charge is 0.293 e. The van der Waals surface area contributed by atoms with Gasteiger partial charge in [0.25, 0.3) is 0 Å². The Morgan fingerprint density at radius 1 is 1.38 bits per heavy atom. The Kier molecular flexibility index (Phi) is 3.48. The fourth-order valence-corrected chi connectivity index (χ4v) is 1.79. The molecule has 0 amide bonds. The molecule has 88 valence electrons. The molecule has 0 radical (unpaired) electrons. The molecule has 0 aliphatic rings. The summed E-state index contributed by atoms with van der Waals surface area (Å²) in [5.41, 5.74) is 0.694. The van der Waals surface area contributed by atoms with E-state index in [2.05, 4.69) is 0 Å². The summed E-state index contributed by atoms with van der Waals surface area (Å²) in [6, 6.07) is 3.76. The number of rotatable bonds is 3. The second kappa shape index (κ2) is 4.33. The predicted octanol–water partition coefficient (Wildman–Crippen LogP) is 1.75. The number of carbonyl (C=O) groups excluding carboxylic acids is 1. The molecule has 3 nitrogen and oxygen atoms in total. The van der Waals surface area contributed by atoms with Crippen LogP contribution in [0.2, 0.25) is 0 Å². The highest BCUT2D eigenvalue weighted by atomic mass is 32.2. The average molecular weight is 244 g/mol. The lowest BCUT2D eigenvalue weighted by atomic mass is 10.0. The maximum Gasteiger partial charge on any atom is 0.181 e. The lowest BCUT2D eigenvalue weighted by Gasteiger charge is -2.10. The Bertz CT molecular complexity index is 520. The van der Waals surface area contributed by atoms with Crippen molar-refractivity contribution in [1.82, 2.24) is 0 Å². The van der Waals surface area contributed by atoms with Crippen molar-refractivity contribution in [3.05, 3.63) is 35.1 Å². The predicted molar refractivity (Wildman–Crippen MR) is 59.8 cm³/mol. The van der Waals surface area contributed by atoms with Crippen molar-refractivity contribution < 1.29 is 17.6 Å². The smallest absolute Gasteiger partial charge is 0.181 e. The maximum absolute atomic E-state index is 13.0. The second-order valence-electron chi connectivity index (χ2n) is 3.80. The zero-order valence-corrected chi connectivity index (χ0v) is 10.1. The first kappa shape index (κ1) is 12.8. The number of benzene rings is 1. The second-order valence-corrected chi connectivity index (χ2v) is 6.16. The van der Waals surface area contributed by atoms with Crippen LogP contribution in [-0.4, -0.2) is 25.7 Å². The van der Waals surface area contributed by atoms with Gasteiger partial charge in [0.05, 0.1) is 0 Å². The summed E-state index contributed by atoms with van der Waals surface area (Å²) in [6.07, 6.45) is 0.990. The number of Topliss-reactive ketones (excluding diaryl/α,β-unsaturated/α-hetero) is 1. The van der Waals surface area contributed by atoms with E-state index in [0.717, 1.165) is 12.3 Å². The number of carbonyl (C=O) groups is 1. The standard InChI is InChI=1S/C11H13FO3S/c1-7-4-5-9(12)6-10(7)11(13)8(2)16(3,14)15/h4-6,8H,1-3H3. The molecule has 1 aromatic rings. The molecule has 0 spiro atoms. The van der Waals surface area contributed by atoms with Crippen LogP contribution >= 0.6 is 0 Å². The molecule has 1 unspecified atom stereocenters. The summed E-state index contributed by atoms with van der Waals surface area (Å²) in [5, 5.41) is -1.15. The summed E-state index contributed by atoms with van der Waals surface area (Å²) in [6.45, 7) is 2.95. The molecular formula is C11H13FO3S. The van der Waals surface area contributed by atoms with E-state index >= 15 is 0 Å². The molecule has 16 heavy (non-hydrogen) atoms. The minimum Gasteiger partial charge on any atom is -0.293 e. The first-order valence-electron chi connectivity index (χ1n) is 4.72. The first-order chi connectivity index (χ1) is 7.23. The quantitative estimate of drug-likeness (QED) is 0.761. The molecule has 0 N–H and O–H groups in total. The number of sulfone groups is 1. The van der Waals surface area contributed by atoms with Gasteiger partial charge in [-0.25, -0.2) is 12.8 Å². The van der Waals surface area contributed by atoms with Crippen LogP contribution < -0.4 is 0 Å². The van der Waals surface area contributed by atoms with E-state index in [0.29, 0.717) is 5.56 Å². The Morgan fingerprint density at radius 3 is 2.44 bits per heavy atom. The third-order valence-corrected chi connectivity index (χ3v) is 3.98. The van der Waals surface area contributed by atoms with Gasteiger partial charge in [-0.1, -0.05) is 6.07 Å². The minimum absolute atomic E-state index is 0.123. The molecule has 1 rings (SSSR count). The van der Waals surface area contributed by atoms with Crippen molar-refractivity contribution in [1.29, 1.82) is 0 Å². The van der Waals surface area contributed by atoms with Crippen LogP contribution in [0.4, 0.5) is 4.39 Å². The molecule has 0 bridgehead atoms. The Hall–Kier alpha value is -1.23. The molecule has 0 aliphatic carbocycles. The van der Waals surface area contributed by atoms with E-state index in [1.807, 2.05) is 0 Å². The number of hydrogen-bond acceptors (Lipinski definition) is 3. The van der Waals surface area contributed by atoms with Crippen LogP contribution in [0.15, 0.2) is 18.2 Å². The summed E-state index contributed by atoms with van der Waals surface area (Å²) < 4.78 is 35.4. The molecule has 0 aromatic heterocycles. The van der Waals surface area contributed by atoms with E-state index in [9.17, 15) is 17.6 Å². The molecule has 1 atom stereocenters. The molecule has 0 heterocycles. The minimum atomic E-state index is -3.45. The molecule has 1 aromatic carbocycles. The lowest BCUT2D eigenvalue weighted by Crippen LogP contribution is -2.27. The van der Waals surface area contributed by atoms with Gasteiger partial charge >= 0.3 is 0 Å². The Labute approximate surface area is 94.2 Å². The number of halogens is 1. The zero-order chi connectivity index (χ0) is 12.5. The lowest BCUT2D eigenvalue weighted by molar-refractivity contribution is 0.0990. The van der Waals surface area contributed by atoms with Gasteiger partial charge < -0.3 is 0 Å². The number of aryl methyl sites for hydroxylation is 1. The van der Waals surface area contributed by atoms with Crippen molar-refractivity contribution >= 4 is 15.6 Å². The van der Waals surface area contributed by atoms with Crippen molar-refractivity contribution in [3.8, 4) is 0 Å². The van der Waals surface area contributed by atoms with Crippen LogP contribution in [0.25, 0.3) is 0 Å². The van der Waals surface area contributed by atoms with Crippen LogP contribution in [0.3, 0.4) is 0 Å². The zero-order valence-electron chi connectivity index (χ0n) is 9.32. The third-order valence-electron chi connectivity index (χ3n) is 2.48. The summed E-state index contributed by atoms with van der Waals surface area (Å²) in [5.74, 6) is -1.12. The fourth-order valence-electron chi connectivity index (χ4n) is 1.27. The van der Waals surface area contributed by atoms with E-state index in [4.69, 9.17) is 0 Å². The third kappa shape index (κ3) is 2.66. The Morgan fingerprint density at radius 2 is 1.94 bits per heavy atom. The molecular weight excluding hydrogens is 231 g/mol. The monoisotopic (exact) mass is 244 g/mol. The summed E-state index contributed by atoms with van der Waals surface area (Å²) in [4.78, 5) is 11.8.